The molecule has 2 heterocycles. The van der Waals surface area contributed by atoms with E-state index in [1.165, 1.54) is 19.4 Å². The number of nitrogens with one attached hydrogen (secondary N) is 2. The van der Waals surface area contributed by atoms with E-state index in [0.717, 1.165) is 52.0 Å². The molecule has 88 valence electrons. The lowest BCUT2D eigenvalue weighted by molar-refractivity contribution is 0.00238. The predicted molar refractivity (Wildman–Crippen MR) is 60.9 cm³/mol. The predicted octanol–water partition coefficient (Wildman–Crippen LogP) is -0.135. The first-order valence-corrected chi connectivity index (χ1v) is 6.16. The van der Waals surface area contributed by atoms with Gasteiger partial charge in [0.05, 0.1) is 13.3 Å². The van der Waals surface area contributed by atoms with E-state index >= 15 is 0 Å². The Hall–Kier alpha value is -0.160. The fourth-order valence-corrected chi connectivity index (χ4v) is 2.25. The number of ether oxygens (including phenoxy) is 1. The molecular formula is C11H23N3O. The smallest absolute Gasteiger partial charge is 0.0991 e. The van der Waals surface area contributed by atoms with Crippen molar-refractivity contribution in [3.63, 3.8) is 0 Å². The van der Waals surface area contributed by atoms with Crippen molar-refractivity contribution in [2.45, 2.75) is 12.8 Å². The van der Waals surface area contributed by atoms with Gasteiger partial charge in [0, 0.05) is 32.7 Å². The highest BCUT2D eigenvalue weighted by atomic mass is 16.5. The van der Waals surface area contributed by atoms with Gasteiger partial charge < -0.3 is 15.4 Å². The van der Waals surface area contributed by atoms with Gasteiger partial charge in [-0.15, -0.1) is 0 Å². The van der Waals surface area contributed by atoms with Crippen LogP contribution in [0.3, 0.4) is 0 Å². The summed E-state index contributed by atoms with van der Waals surface area (Å²) < 4.78 is 5.77. The van der Waals surface area contributed by atoms with Gasteiger partial charge in [0.25, 0.3) is 0 Å². The summed E-state index contributed by atoms with van der Waals surface area (Å²) in [4.78, 5) is 2.38. The van der Waals surface area contributed by atoms with Crippen LogP contribution >= 0.6 is 0 Å². The van der Waals surface area contributed by atoms with E-state index in [0.29, 0.717) is 0 Å². The third kappa shape index (κ3) is 4.07. The van der Waals surface area contributed by atoms with Crippen molar-refractivity contribution >= 4 is 0 Å². The molecule has 4 heteroatoms. The van der Waals surface area contributed by atoms with Crippen LogP contribution in [0.1, 0.15) is 12.8 Å². The van der Waals surface area contributed by atoms with E-state index in [-0.39, 0.29) is 0 Å². The molecule has 2 aliphatic heterocycles. The van der Waals surface area contributed by atoms with Crippen LogP contribution in [0.5, 0.6) is 0 Å². The van der Waals surface area contributed by atoms with Gasteiger partial charge >= 0.3 is 0 Å². The molecule has 0 saturated carbocycles. The van der Waals surface area contributed by atoms with Gasteiger partial charge in [-0.25, -0.2) is 0 Å². The van der Waals surface area contributed by atoms with Crippen molar-refractivity contribution in [3.8, 4) is 0 Å². The van der Waals surface area contributed by atoms with Gasteiger partial charge in [-0.3, -0.25) is 4.90 Å². The highest BCUT2D eigenvalue weighted by Gasteiger charge is 2.14. The minimum absolute atomic E-state index is 0.738. The maximum Gasteiger partial charge on any atom is 0.0991 e. The number of hydrogen-bond donors (Lipinski definition) is 2. The van der Waals surface area contributed by atoms with Crippen LogP contribution in [0, 0.1) is 5.92 Å². The quantitative estimate of drug-likeness (QED) is 0.682. The fraction of sp³-hybridized carbons (Fsp3) is 1.00. The van der Waals surface area contributed by atoms with E-state index < -0.39 is 0 Å². The molecule has 0 radical (unpaired) electrons. The summed E-state index contributed by atoms with van der Waals surface area (Å²) in [7, 11) is 0. The molecule has 2 aliphatic rings. The van der Waals surface area contributed by atoms with E-state index in [2.05, 4.69) is 15.5 Å². The lowest BCUT2D eigenvalue weighted by Gasteiger charge is -2.28. The monoisotopic (exact) mass is 213 g/mol. The Morgan fingerprint density at radius 2 is 2.00 bits per heavy atom. The topological polar surface area (TPSA) is 36.5 Å². The molecule has 4 nitrogen and oxygen atoms in total. The Morgan fingerprint density at radius 3 is 2.73 bits per heavy atom. The molecule has 0 amide bonds. The first-order valence-electron chi connectivity index (χ1n) is 6.16. The van der Waals surface area contributed by atoms with Crippen molar-refractivity contribution in [1.29, 1.82) is 0 Å². The molecule has 2 fully saturated rings. The third-order valence-electron chi connectivity index (χ3n) is 3.24. The summed E-state index contributed by atoms with van der Waals surface area (Å²) >= 11 is 0. The number of rotatable bonds is 4. The van der Waals surface area contributed by atoms with Gasteiger partial charge in [-0.05, 0) is 25.3 Å². The first-order chi connectivity index (χ1) is 7.45. The van der Waals surface area contributed by atoms with Crippen LogP contribution in [0.4, 0.5) is 0 Å². The van der Waals surface area contributed by atoms with Crippen LogP contribution in [0.25, 0.3) is 0 Å². The summed E-state index contributed by atoms with van der Waals surface area (Å²) in [6.45, 7) is 8.54. The summed E-state index contributed by atoms with van der Waals surface area (Å²) in [6.07, 6.45) is 2.64. The van der Waals surface area contributed by atoms with Crippen LogP contribution in [-0.2, 0) is 4.74 Å². The molecule has 0 aromatic carbocycles. The van der Waals surface area contributed by atoms with Gasteiger partial charge in [0.15, 0.2) is 0 Å². The SMILES string of the molecule is C1CNCC(COCN2CCNCC2)C1. The maximum absolute atomic E-state index is 5.77. The lowest BCUT2D eigenvalue weighted by Crippen LogP contribution is -2.44. The van der Waals surface area contributed by atoms with Gasteiger partial charge in [0.1, 0.15) is 0 Å². The van der Waals surface area contributed by atoms with E-state index in [9.17, 15) is 0 Å². The summed E-state index contributed by atoms with van der Waals surface area (Å²) in [5, 5.41) is 6.77. The Morgan fingerprint density at radius 1 is 1.13 bits per heavy atom. The number of hydrogen-bond acceptors (Lipinski definition) is 4. The molecule has 1 unspecified atom stereocenters. The van der Waals surface area contributed by atoms with Crippen molar-refractivity contribution in [2.24, 2.45) is 5.92 Å². The second kappa shape index (κ2) is 6.43. The highest BCUT2D eigenvalue weighted by molar-refractivity contribution is 4.69. The molecular weight excluding hydrogens is 190 g/mol. The zero-order valence-corrected chi connectivity index (χ0v) is 9.50. The van der Waals surface area contributed by atoms with Crippen LogP contribution < -0.4 is 10.6 Å². The molecule has 1 atom stereocenters. The Kier molecular flexibility index (Phi) is 4.86. The molecule has 0 aromatic heterocycles. The van der Waals surface area contributed by atoms with Crippen molar-refractivity contribution in [3.05, 3.63) is 0 Å². The lowest BCUT2D eigenvalue weighted by atomic mass is 10.0. The zero-order chi connectivity index (χ0) is 10.3. The minimum atomic E-state index is 0.738. The zero-order valence-electron chi connectivity index (χ0n) is 9.50. The molecule has 15 heavy (non-hydrogen) atoms. The molecule has 0 bridgehead atoms. The number of nitrogens with zero attached hydrogens (tertiary/aromatic N) is 1. The fourth-order valence-electron chi connectivity index (χ4n) is 2.25. The average molecular weight is 213 g/mol. The second-order valence-electron chi connectivity index (χ2n) is 4.58. The van der Waals surface area contributed by atoms with E-state index in [4.69, 9.17) is 4.74 Å². The molecule has 0 aliphatic carbocycles. The number of piperidine rings is 1. The van der Waals surface area contributed by atoms with Crippen molar-refractivity contribution in [2.75, 3.05) is 52.6 Å². The number of piperazine rings is 1. The molecule has 2 saturated heterocycles. The van der Waals surface area contributed by atoms with Gasteiger partial charge in [-0.1, -0.05) is 0 Å². The van der Waals surface area contributed by atoms with Crippen molar-refractivity contribution in [1.82, 2.24) is 15.5 Å². The molecule has 2 N–H and O–H groups in total. The first kappa shape index (κ1) is 11.3. The largest absolute Gasteiger partial charge is 0.366 e. The summed E-state index contributed by atoms with van der Waals surface area (Å²) in [5.41, 5.74) is 0. The van der Waals surface area contributed by atoms with Gasteiger partial charge in [0.2, 0.25) is 0 Å². The normalized spacial score (nSPS) is 29.2. The third-order valence-corrected chi connectivity index (χ3v) is 3.24. The van der Waals surface area contributed by atoms with Crippen LogP contribution in [0.2, 0.25) is 0 Å². The Labute approximate surface area is 92.4 Å². The second-order valence-corrected chi connectivity index (χ2v) is 4.58. The Balaban J connectivity index is 1.53. The van der Waals surface area contributed by atoms with Crippen molar-refractivity contribution < 1.29 is 4.74 Å². The molecule has 0 spiro atoms. The highest BCUT2D eigenvalue weighted by Crippen LogP contribution is 2.10. The molecule has 0 aromatic rings. The maximum atomic E-state index is 5.77. The van der Waals surface area contributed by atoms with Crippen LogP contribution in [-0.4, -0.2) is 57.5 Å². The average Bonchev–Trinajstić information content (AvgIpc) is 2.32. The molecule has 2 rings (SSSR count). The minimum Gasteiger partial charge on any atom is -0.366 e. The Bertz CT molecular complexity index is 147. The van der Waals surface area contributed by atoms with E-state index in [1.807, 2.05) is 0 Å². The van der Waals surface area contributed by atoms with Crippen LogP contribution in [0.15, 0.2) is 0 Å². The summed E-state index contributed by atoms with van der Waals surface area (Å²) in [5.74, 6) is 0.738. The standard InChI is InChI=1S/C11H23N3O/c1-2-11(8-13-3-1)9-15-10-14-6-4-12-5-7-14/h11-13H,1-10H2. The van der Waals surface area contributed by atoms with E-state index in [1.54, 1.807) is 0 Å². The van der Waals surface area contributed by atoms with Gasteiger partial charge in [-0.2, -0.15) is 0 Å². The summed E-state index contributed by atoms with van der Waals surface area (Å²) in [6, 6.07) is 0.